The Morgan fingerprint density at radius 1 is 1.25 bits per heavy atom. The molecular formula is C18H25N3O3. The summed E-state index contributed by atoms with van der Waals surface area (Å²) in [6.07, 6.45) is 3.94. The molecule has 3 N–H and O–H groups in total. The Kier molecular flexibility index (Phi) is 6.26. The van der Waals surface area contributed by atoms with Crippen LogP contribution in [0, 0.1) is 0 Å². The number of aliphatic hydroxyl groups is 1. The second-order valence-electron chi connectivity index (χ2n) is 5.98. The van der Waals surface area contributed by atoms with Gasteiger partial charge in [0.25, 0.3) is 0 Å². The van der Waals surface area contributed by atoms with Crippen LogP contribution in [-0.2, 0) is 12.0 Å². The third-order valence-corrected chi connectivity index (χ3v) is 3.40. The van der Waals surface area contributed by atoms with Crippen LogP contribution in [0.5, 0.6) is 0 Å². The second-order valence-corrected chi connectivity index (χ2v) is 5.98. The molecule has 0 aliphatic carbocycles. The molecule has 0 aliphatic rings. The van der Waals surface area contributed by atoms with Gasteiger partial charge in [0, 0.05) is 19.5 Å². The van der Waals surface area contributed by atoms with E-state index in [1.54, 1.807) is 25.3 Å². The summed E-state index contributed by atoms with van der Waals surface area (Å²) in [4.78, 5) is 4.45. The topological polar surface area (TPSA) is 82.9 Å². The summed E-state index contributed by atoms with van der Waals surface area (Å²) in [7, 11) is 0. The van der Waals surface area contributed by atoms with Crippen LogP contribution in [0.2, 0.25) is 0 Å². The van der Waals surface area contributed by atoms with Gasteiger partial charge in [-0.05, 0) is 38.1 Å². The zero-order chi connectivity index (χ0) is 17.4. The minimum atomic E-state index is -1.16. The highest BCUT2D eigenvalue weighted by atomic mass is 16.4. The van der Waals surface area contributed by atoms with Crippen molar-refractivity contribution in [3.8, 4) is 0 Å². The molecule has 0 amide bonds. The molecule has 2 aromatic heterocycles. The van der Waals surface area contributed by atoms with E-state index in [-0.39, 0.29) is 6.54 Å². The van der Waals surface area contributed by atoms with E-state index >= 15 is 0 Å². The van der Waals surface area contributed by atoms with Crippen LogP contribution in [-0.4, -0.2) is 30.7 Å². The van der Waals surface area contributed by atoms with Crippen molar-refractivity contribution in [1.29, 1.82) is 0 Å². The number of furan rings is 2. The minimum Gasteiger partial charge on any atom is -0.469 e. The lowest BCUT2D eigenvalue weighted by Crippen LogP contribution is -2.40. The number of nitrogens with one attached hydrogen (secondary N) is 2. The summed E-state index contributed by atoms with van der Waals surface area (Å²) in [6.45, 7) is 8.93. The van der Waals surface area contributed by atoms with Crippen LogP contribution in [0.4, 0.5) is 0 Å². The Balaban J connectivity index is 1.94. The second kappa shape index (κ2) is 8.40. The Morgan fingerprint density at radius 2 is 2.00 bits per heavy atom. The average molecular weight is 331 g/mol. The molecule has 0 saturated heterocycles. The Morgan fingerprint density at radius 3 is 2.62 bits per heavy atom. The van der Waals surface area contributed by atoms with E-state index in [4.69, 9.17) is 8.83 Å². The first-order valence-corrected chi connectivity index (χ1v) is 7.93. The molecule has 24 heavy (non-hydrogen) atoms. The molecule has 2 aromatic rings. The maximum Gasteiger partial charge on any atom is 0.191 e. The van der Waals surface area contributed by atoms with Crippen LogP contribution in [0.15, 0.2) is 62.8 Å². The van der Waals surface area contributed by atoms with Crippen LogP contribution in [0.3, 0.4) is 0 Å². The number of aliphatic imine (C=N–C) groups is 1. The van der Waals surface area contributed by atoms with Gasteiger partial charge in [-0.25, -0.2) is 4.99 Å². The third-order valence-electron chi connectivity index (χ3n) is 3.40. The molecule has 6 heteroatoms. The first-order valence-electron chi connectivity index (χ1n) is 7.93. The van der Waals surface area contributed by atoms with Crippen molar-refractivity contribution in [2.75, 3.05) is 19.6 Å². The van der Waals surface area contributed by atoms with Crippen LogP contribution >= 0.6 is 0 Å². The summed E-state index contributed by atoms with van der Waals surface area (Å²) in [5.74, 6) is 2.00. The summed E-state index contributed by atoms with van der Waals surface area (Å²) in [5, 5.41) is 16.9. The Labute approximate surface area is 142 Å². The fourth-order valence-corrected chi connectivity index (χ4v) is 2.06. The maximum absolute atomic E-state index is 10.5. The molecule has 130 valence electrons. The number of nitrogens with zero attached hydrogens (tertiary/aromatic N) is 1. The third kappa shape index (κ3) is 5.62. The van der Waals surface area contributed by atoms with E-state index < -0.39 is 5.60 Å². The van der Waals surface area contributed by atoms with Gasteiger partial charge in [-0.3, -0.25) is 0 Å². The van der Waals surface area contributed by atoms with Gasteiger partial charge < -0.3 is 24.6 Å². The highest BCUT2D eigenvalue weighted by Gasteiger charge is 2.26. The zero-order valence-electron chi connectivity index (χ0n) is 14.2. The Hall–Kier alpha value is -2.47. The van der Waals surface area contributed by atoms with Gasteiger partial charge in [0.05, 0.1) is 19.1 Å². The SMILES string of the molecule is C=C(C)CNC(=NCC(C)(O)c1ccco1)NCCc1ccco1. The van der Waals surface area contributed by atoms with Crippen molar-refractivity contribution in [1.82, 2.24) is 10.6 Å². The quantitative estimate of drug-likeness (QED) is 0.393. The maximum atomic E-state index is 10.5. The molecule has 1 atom stereocenters. The molecular weight excluding hydrogens is 306 g/mol. The van der Waals surface area contributed by atoms with Crippen LogP contribution in [0.25, 0.3) is 0 Å². The number of rotatable bonds is 8. The lowest BCUT2D eigenvalue weighted by atomic mass is 10.0. The van der Waals surface area contributed by atoms with Crippen molar-refractivity contribution >= 4 is 5.96 Å². The monoisotopic (exact) mass is 331 g/mol. The lowest BCUT2D eigenvalue weighted by Gasteiger charge is -2.19. The number of hydrogen-bond acceptors (Lipinski definition) is 4. The molecule has 0 radical (unpaired) electrons. The molecule has 6 nitrogen and oxygen atoms in total. The van der Waals surface area contributed by atoms with Crippen molar-refractivity contribution < 1.29 is 13.9 Å². The van der Waals surface area contributed by atoms with Crippen molar-refractivity contribution in [2.24, 2.45) is 4.99 Å². The lowest BCUT2D eigenvalue weighted by molar-refractivity contribution is 0.0437. The van der Waals surface area contributed by atoms with Crippen molar-refractivity contribution in [3.63, 3.8) is 0 Å². The predicted octanol–water partition coefficient (Wildman–Crippen LogP) is 2.43. The van der Waals surface area contributed by atoms with E-state index in [0.717, 1.165) is 17.8 Å². The first-order chi connectivity index (χ1) is 11.5. The van der Waals surface area contributed by atoms with Gasteiger partial charge in [0.1, 0.15) is 17.1 Å². The molecule has 0 aliphatic heterocycles. The predicted molar refractivity (Wildman–Crippen MR) is 93.8 cm³/mol. The van der Waals surface area contributed by atoms with E-state index in [1.165, 1.54) is 6.26 Å². The summed E-state index contributed by atoms with van der Waals surface area (Å²) >= 11 is 0. The average Bonchev–Trinajstić information content (AvgIpc) is 3.22. The smallest absolute Gasteiger partial charge is 0.191 e. The standard InChI is InChI=1S/C18H25N3O3/c1-14(2)12-20-17(19-9-8-15-6-4-10-23-15)21-13-18(3,22)16-7-5-11-24-16/h4-7,10-11,22H,1,8-9,12-13H2,2-3H3,(H2,19,20,21). The molecule has 0 fully saturated rings. The van der Waals surface area contributed by atoms with Crippen LogP contribution < -0.4 is 10.6 Å². The van der Waals surface area contributed by atoms with E-state index in [0.29, 0.717) is 24.8 Å². The van der Waals surface area contributed by atoms with E-state index in [9.17, 15) is 5.11 Å². The van der Waals surface area contributed by atoms with E-state index in [2.05, 4.69) is 22.2 Å². The molecule has 2 heterocycles. The molecule has 0 saturated carbocycles. The Bertz CT molecular complexity index is 643. The first kappa shape index (κ1) is 17.9. The van der Waals surface area contributed by atoms with Gasteiger partial charge in [-0.1, -0.05) is 12.2 Å². The number of guanidine groups is 1. The molecule has 0 aromatic carbocycles. The molecule has 1 unspecified atom stereocenters. The van der Waals surface area contributed by atoms with Gasteiger partial charge in [-0.2, -0.15) is 0 Å². The fourth-order valence-electron chi connectivity index (χ4n) is 2.06. The van der Waals surface area contributed by atoms with Crippen molar-refractivity contribution in [3.05, 3.63) is 60.5 Å². The van der Waals surface area contributed by atoms with E-state index in [1.807, 2.05) is 19.1 Å². The van der Waals surface area contributed by atoms with Gasteiger partial charge in [0.15, 0.2) is 5.96 Å². The zero-order valence-corrected chi connectivity index (χ0v) is 14.2. The van der Waals surface area contributed by atoms with Crippen molar-refractivity contribution in [2.45, 2.75) is 25.9 Å². The highest BCUT2D eigenvalue weighted by Crippen LogP contribution is 2.20. The summed E-state index contributed by atoms with van der Waals surface area (Å²) in [5.41, 5.74) is -0.171. The largest absolute Gasteiger partial charge is 0.469 e. The normalized spacial score (nSPS) is 14.2. The highest BCUT2D eigenvalue weighted by molar-refractivity contribution is 5.80. The summed E-state index contributed by atoms with van der Waals surface area (Å²) in [6, 6.07) is 7.28. The minimum absolute atomic E-state index is 0.173. The molecule has 0 bridgehead atoms. The summed E-state index contributed by atoms with van der Waals surface area (Å²) < 4.78 is 10.6. The van der Waals surface area contributed by atoms with Gasteiger partial charge >= 0.3 is 0 Å². The van der Waals surface area contributed by atoms with Gasteiger partial charge in [0.2, 0.25) is 0 Å². The van der Waals surface area contributed by atoms with Gasteiger partial charge in [-0.15, -0.1) is 0 Å². The van der Waals surface area contributed by atoms with Crippen LogP contribution in [0.1, 0.15) is 25.4 Å². The number of hydrogen-bond donors (Lipinski definition) is 3. The fraction of sp³-hybridized carbons (Fsp3) is 0.389. The molecule has 0 spiro atoms. The molecule has 2 rings (SSSR count).